The molecule has 0 fully saturated rings. The van der Waals surface area contributed by atoms with Crippen molar-refractivity contribution in [3.05, 3.63) is 35.0 Å². The van der Waals surface area contributed by atoms with Crippen molar-refractivity contribution in [2.75, 3.05) is 24.6 Å². The number of rotatable bonds is 8. The Bertz CT molecular complexity index is 950. The van der Waals surface area contributed by atoms with Gasteiger partial charge in [-0.15, -0.1) is 11.3 Å². The maximum atomic E-state index is 5.63. The van der Waals surface area contributed by atoms with Gasteiger partial charge >= 0.3 is 0 Å². The molecular weight excluding hydrogens is 378 g/mol. The van der Waals surface area contributed by atoms with Crippen LogP contribution in [0.5, 0.6) is 5.75 Å². The molecule has 2 aromatic heterocycles. The third-order valence-corrected chi connectivity index (χ3v) is 5.74. The van der Waals surface area contributed by atoms with E-state index in [2.05, 4.69) is 63.8 Å². The zero-order valence-corrected chi connectivity index (χ0v) is 19.6. The summed E-state index contributed by atoms with van der Waals surface area (Å²) >= 11 is 1.76. The molecule has 0 unspecified atom stereocenters. The third-order valence-electron chi connectivity index (χ3n) is 4.74. The molecule has 1 aromatic carbocycles. The van der Waals surface area contributed by atoms with Crippen LogP contribution in [-0.2, 0) is 0 Å². The Morgan fingerprint density at radius 2 is 1.59 bits per heavy atom. The van der Waals surface area contributed by atoms with Crippen LogP contribution in [-0.4, -0.2) is 29.7 Å². The average molecular weight is 412 g/mol. The standard InChI is InChI=1S/C24H33N3OS/c1-8-28-20-11-9-19(10-12-20)21-17(6)29-24-22(21)23(25-18(7)26-24)27(13-15(2)3)14-16(4)5/h9-12,15-16H,8,13-14H2,1-7H3. The van der Waals surface area contributed by atoms with E-state index in [9.17, 15) is 0 Å². The van der Waals surface area contributed by atoms with Gasteiger partial charge in [0.1, 0.15) is 22.2 Å². The third kappa shape index (κ3) is 4.89. The maximum absolute atomic E-state index is 5.63. The van der Waals surface area contributed by atoms with Crippen molar-refractivity contribution in [1.82, 2.24) is 9.97 Å². The smallest absolute Gasteiger partial charge is 0.141 e. The number of ether oxygens (including phenoxy) is 1. The quantitative estimate of drug-likeness (QED) is 0.424. The molecular formula is C24H33N3OS. The molecule has 0 radical (unpaired) electrons. The zero-order valence-electron chi connectivity index (χ0n) is 18.7. The number of anilines is 1. The largest absolute Gasteiger partial charge is 0.494 e. The number of thiophene rings is 1. The molecule has 0 aliphatic rings. The molecule has 2 heterocycles. The summed E-state index contributed by atoms with van der Waals surface area (Å²) in [7, 11) is 0. The van der Waals surface area contributed by atoms with Gasteiger partial charge in [-0.05, 0) is 50.3 Å². The second kappa shape index (κ2) is 9.12. The summed E-state index contributed by atoms with van der Waals surface area (Å²) in [6.07, 6.45) is 0. The summed E-state index contributed by atoms with van der Waals surface area (Å²) in [6.45, 7) is 17.9. The second-order valence-electron chi connectivity index (χ2n) is 8.46. The minimum absolute atomic E-state index is 0.563. The number of nitrogens with zero attached hydrogens (tertiary/aromatic N) is 3. The van der Waals surface area contributed by atoms with E-state index < -0.39 is 0 Å². The van der Waals surface area contributed by atoms with Crippen LogP contribution in [0.25, 0.3) is 21.3 Å². The lowest BCUT2D eigenvalue weighted by Crippen LogP contribution is -2.32. The van der Waals surface area contributed by atoms with Gasteiger partial charge in [-0.1, -0.05) is 39.8 Å². The maximum Gasteiger partial charge on any atom is 0.141 e. The minimum atomic E-state index is 0.563. The Balaban J connectivity index is 2.19. The van der Waals surface area contributed by atoms with E-state index in [0.717, 1.165) is 35.3 Å². The molecule has 156 valence electrons. The molecule has 0 aliphatic carbocycles. The second-order valence-corrected chi connectivity index (χ2v) is 9.66. The fraction of sp³-hybridized carbons (Fsp3) is 0.500. The van der Waals surface area contributed by atoms with Crippen LogP contribution in [0.2, 0.25) is 0 Å². The van der Waals surface area contributed by atoms with Crippen LogP contribution in [0, 0.1) is 25.7 Å². The average Bonchev–Trinajstić information content (AvgIpc) is 2.96. The summed E-state index contributed by atoms with van der Waals surface area (Å²) in [5, 5.41) is 1.18. The first-order valence-corrected chi connectivity index (χ1v) is 11.4. The van der Waals surface area contributed by atoms with Crippen LogP contribution >= 0.6 is 11.3 Å². The Morgan fingerprint density at radius 3 is 2.14 bits per heavy atom. The van der Waals surface area contributed by atoms with E-state index in [1.54, 1.807) is 11.3 Å². The zero-order chi connectivity index (χ0) is 21.1. The minimum Gasteiger partial charge on any atom is -0.494 e. The Labute approximate surface area is 179 Å². The van der Waals surface area contributed by atoms with Crippen LogP contribution < -0.4 is 9.64 Å². The van der Waals surface area contributed by atoms with Crippen LogP contribution in [0.4, 0.5) is 5.82 Å². The first-order chi connectivity index (χ1) is 13.8. The molecule has 0 bridgehead atoms. The number of aryl methyl sites for hydroxylation is 2. The molecule has 29 heavy (non-hydrogen) atoms. The molecule has 5 heteroatoms. The molecule has 0 aliphatic heterocycles. The fourth-order valence-corrected chi connectivity index (χ4v) is 4.87. The molecule has 0 N–H and O–H groups in total. The molecule has 4 nitrogen and oxygen atoms in total. The van der Waals surface area contributed by atoms with Crippen molar-refractivity contribution in [2.45, 2.75) is 48.5 Å². The van der Waals surface area contributed by atoms with E-state index in [1.165, 1.54) is 21.4 Å². The topological polar surface area (TPSA) is 38.3 Å². The van der Waals surface area contributed by atoms with E-state index in [0.29, 0.717) is 18.4 Å². The normalized spacial score (nSPS) is 11.6. The highest BCUT2D eigenvalue weighted by molar-refractivity contribution is 7.19. The van der Waals surface area contributed by atoms with E-state index in [-0.39, 0.29) is 0 Å². The highest BCUT2D eigenvalue weighted by Crippen LogP contribution is 2.42. The number of hydrogen-bond acceptors (Lipinski definition) is 5. The Morgan fingerprint density at radius 1 is 0.966 bits per heavy atom. The van der Waals surface area contributed by atoms with Gasteiger partial charge in [0, 0.05) is 23.5 Å². The summed E-state index contributed by atoms with van der Waals surface area (Å²) < 4.78 is 5.63. The van der Waals surface area contributed by atoms with Crippen molar-refractivity contribution in [3.8, 4) is 16.9 Å². The predicted octanol–water partition coefficient (Wildman–Crippen LogP) is 6.49. The van der Waals surface area contributed by atoms with Gasteiger partial charge in [0.15, 0.2) is 0 Å². The van der Waals surface area contributed by atoms with Gasteiger partial charge in [-0.25, -0.2) is 9.97 Å². The van der Waals surface area contributed by atoms with Gasteiger partial charge < -0.3 is 9.64 Å². The van der Waals surface area contributed by atoms with Gasteiger partial charge in [0.05, 0.1) is 12.0 Å². The highest BCUT2D eigenvalue weighted by Gasteiger charge is 2.22. The van der Waals surface area contributed by atoms with Crippen molar-refractivity contribution >= 4 is 27.4 Å². The molecule has 3 rings (SSSR count). The highest BCUT2D eigenvalue weighted by atomic mass is 32.1. The van der Waals surface area contributed by atoms with Gasteiger partial charge in [-0.2, -0.15) is 0 Å². The molecule has 0 spiro atoms. The fourth-order valence-electron chi connectivity index (χ4n) is 3.79. The van der Waals surface area contributed by atoms with E-state index in [4.69, 9.17) is 14.7 Å². The summed E-state index contributed by atoms with van der Waals surface area (Å²) in [4.78, 5) is 14.5. The molecule has 0 saturated heterocycles. The predicted molar refractivity (Wildman–Crippen MR) is 125 cm³/mol. The first kappa shape index (κ1) is 21.6. The van der Waals surface area contributed by atoms with Gasteiger partial charge in [0.2, 0.25) is 0 Å². The number of benzene rings is 1. The number of aromatic nitrogens is 2. The van der Waals surface area contributed by atoms with E-state index in [1.807, 2.05) is 13.8 Å². The van der Waals surface area contributed by atoms with Crippen LogP contribution in [0.1, 0.15) is 45.3 Å². The van der Waals surface area contributed by atoms with Crippen molar-refractivity contribution in [1.29, 1.82) is 0 Å². The lowest BCUT2D eigenvalue weighted by atomic mass is 10.0. The summed E-state index contributed by atoms with van der Waals surface area (Å²) in [5.41, 5.74) is 2.44. The van der Waals surface area contributed by atoms with Crippen molar-refractivity contribution < 1.29 is 4.74 Å². The number of hydrogen-bond donors (Lipinski definition) is 0. The Hall–Kier alpha value is -2.14. The van der Waals surface area contributed by atoms with Gasteiger partial charge in [0.25, 0.3) is 0 Å². The Kier molecular flexibility index (Phi) is 6.78. The van der Waals surface area contributed by atoms with E-state index >= 15 is 0 Å². The molecule has 0 atom stereocenters. The lowest BCUT2D eigenvalue weighted by Gasteiger charge is -2.28. The monoisotopic (exact) mass is 411 g/mol. The summed E-state index contributed by atoms with van der Waals surface area (Å²) in [6, 6.07) is 8.41. The van der Waals surface area contributed by atoms with Gasteiger partial charge in [-0.3, -0.25) is 0 Å². The SMILES string of the molecule is CCOc1ccc(-c2c(C)sc3nc(C)nc(N(CC(C)C)CC(C)C)c23)cc1. The summed E-state index contributed by atoms with van der Waals surface area (Å²) in [5.74, 6) is 3.94. The lowest BCUT2D eigenvalue weighted by molar-refractivity contribution is 0.340. The molecule has 0 saturated carbocycles. The number of fused-ring (bicyclic) bond motifs is 1. The van der Waals surface area contributed by atoms with Crippen LogP contribution in [0.3, 0.4) is 0 Å². The molecule has 3 aromatic rings. The van der Waals surface area contributed by atoms with Crippen molar-refractivity contribution in [3.63, 3.8) is 0 Å². The molecule has 0 amide bonds. The van der Waals surface area contributed by atoms with Crippen molar-refractivity contribution in [2.24, 2.45) is 11.8 Å². The first-order valence-electron chi connectivity index (χ1n) is 10.6. The van der Waals surface area contributed by atoms with Crippen LogP contribution in [0.15, 0.2) is 24.3 Å².